The van der Waals surface area contributed by atoms with Crippen LogP contribution in [0, 0.1) is 13.8 Å². The predicted octanol–water partition coefficient (Wildman–Crippen LogP) is 2.84. The Morgan fingerprint density at radius 3 is 2.58 bits per heavy atom. The molecule has 0 saturated carbocycles. The molecular weight excluding hydrogens is 354 g/mol. The van der Waals surface area contributed by atoms with Crippen LogP contribution in [-0.2, 0) is 16.6 Å². The minimum atomic E-state index is -3.70. The number of aromatic nitrogens is 2. The molecule has 0 unspecified atom stereocenters. The lowest BCUT2D eigenvalue weighted by molar-refractivity contribution is 0.376. The van der Waals surface area contributed by atoms with E-state index in [0.717, 1.165) is 16.7 Å². The third-order valence-electron chi connectivity index (χ3n) is 3.94. The van der Waals surface area contributed by atoms with E-state index in [1.54, 1.807) is 19.1 Å². The predicted molar refractivity (Wildman–Crippen MR) is 96.2 cm³/mol. The first kappa shape index (κ1) is 18.1. The molecule has 136 valence electrons. The maximum atomic E-state index is 12.4. The molecule has 2 aromatic carbocycles. The smallest absolute Gasteiger partial charge is 0.242 e. The first-order chi connectivity index (χ1) is 12.4. The van der Waals surface area contributed by atoms with Crippen LogP contribution in [0.15, 0.2) is 51.9 Å². The Bertz CT molecular complexity index is 1030. The molecule has 1 heterocycles. The summed E-state index contributed by atoms with van der Waals surface area (Å²) in [7, 11) is -2.16. The van der Waals surface area contributed by atoms with E-state index in [1.165, 1.54) is 13.2 Å². The van der Waals surface area contributed by atoms with Crippen molar-refractivity contribution in [3.05, 3.63) is 59.5 Å². The van der Waals surface area contributed by atoms with Crippen molar-refractivity contribution in [3.63, 3.8) is 0 Å². The van der Waals surface area contributed by atoms with Gasteiger partial charge in [0.25, 0.3) is 0 Å². The second kappa shape index (κ2) is 7.27. The summed E-state index contributed by atoms with van der Waals surface area (Å²) in [6.45, 7) is 3.64. The molecule has 1 N–H and O–H groups in total. The minimum absolute atomic E-state index is 0.0910. The van der Waals surface area contributed by atoms with Crippen LogP contribution in [0.5, 0.6) is 5.75 Å². The molecule has 0 spiro atoms. The van der Waals surface area contributed by atoms with Gasteiger partial charge >= 0.3 is 0 Å². The number of methoxy groups -OCH3 is 1. The van der Waals surface area contributed by atoms with Gasteiger partial charge in [-0.1, -0.05) is 29.4 Å². The second-order valence-corrected chi connectivity index (χ2v) is 7.55. The number of sulfonamides is 1. The van der Waals surface area contributed by atoms with Crippen LogP contribution < -0.4 is 9.46 Å². The molecule has 0 aliphatic heterocycles. The summed E-state index contributed by atoms with van der Waals surface area (Å²) in [6, 6.07) is 12.3. The first-order valence-electron chi connectivity index (χ1n) is 7.93. The van der Waals surface area contributed by atoms with E-state index in [1.807, 2.05) is 31.2 Å². The molecule has 3 aromatic rings. The third-order valence-corrected chi connectivity index (χ3v) is 5.34. The standard InChI is InChI=1S/C18H19N3O4S/c1-12-6-4-5-7-15(12)18-20-17(25-21-18)11-19-26(22,23)14-8-9-16(24-3)13(2)10-14/h4-10,19H,11H2,1-3H3. The van der Waals surface area contributed by atoms with Gasteiger partial charge in [-0.25, -0.2) is 13.1 Å². The van der Waals surface area contributed by atoms with Gasteiger partial charge in [-0.05, 0) is 43.2 Å². The highest BCUT2D eigenvalue weighted by atomic mass is 32.2. The van der Waals surface area contributed by atoms with E-state index in [4.69, 9.17) is 9.26 Å². The van der Waals surface area contributed by atoms with Gasteiger partial charge in [0.05, 0.1) is 18.6 Å². The molecule has 1 aromatic heterocycles. The van der Waals surface area contributed by atoms with E-state index in [-0.39, 0.29) is 17.3 Å². The quantitative estimate of drug-likeness (QED) is 0.714. The summed E-state index contributed by atoms with van der Waals surface area (Å²) in [6.07, 6.45) is 0. The molecular formula is C18H19N3O4S. The number of hydrogen-bond acceptors (Lipinski definition) is 6. The molecule has 0 saturated heterocycles. The maximum Gasteiger partial charge on any atom is 0.242 e. The highest BCUT2D eigenvalue weighted by Gasteiger charge is 2.17. The summed E-state index contributed by atoms with van der Waals surface area (Å²) >= 11 is 0. The molecule has 0 atom stereocenters. The highest BCUT2D eigenvalue weighted by molar-refractivity contribution is 7.89. The zero-order chi connectivity index (χ0) is 18.7. The summed E-state index contributed by atoms with van der Waals surface area (Å²) < 4.78 is 37.7. The van der Waals surface area contributed by atoms with Crippen LogP contribution in [0.3, 0.4) is 0 Å². The molecule has 0 aliphatic carbocycles. The van der Waals surface area contributed by atoms with Crippen molar-refractivity contribution >= 4 is 10.0 Å². The fraction of sp³-hybridized carbons (Fsp3) is 0.222. The summed E-state index contributed by atoms with van der Waals surface area (Å²) in [4.78, 5) is 4.41. The third kappa shape index (κ3) is 3.76. The molecule has 0 radical (unpaired) electrons. The van der Waals surface area contributed by atoms with Crippen molar-refractivity contribution < 1.29 is 17.7 Å². The minimum Gasteiger partial charge on any atom is -0.496 e. The average Bonchev–Trinajstić information content (AvgIpc) is 3.09. The number of rotatable bonds is 6. The molecule has 8 heteroatoms. The van der Waals surface area contributed by atoms with Gasteiger partial charge in [0.2, 0.25) is 21.7 Å². The van der Waals surface area contributed by atoms with Crippen molar-refractivity contribution in [2.24, 2.45) is 0 Å². The van der Waals surface area contributed by atoms with E-state index in [0.29, 0.717) is 11.6 Å². The number of aryl methyl sites for hydroxylation is 2. The van der Waals surface area contributed by atoms with E-state index in [9.17, 15) is 8.42 Å². The van der Waals surface area contributed by atoms with Gasteiger partial charge in [-0.15, -0.1) is 0 Å². The van der Waals surface area contributed by atoms with Crippen LogP contribution in [0.25, 0.3) is 11.4 Å². The van der Waals surface area contributed by atoms with Crippen LogP contribution in [0.2, 0.25) is 0 Å². The highest BCUT2D eigenvalue weighted by Crippen LogP contribution is 2.22. The average molecular weight is 373 g/mol. The second-order valence-electron chi connectivity index (χ2n) is 5.78. The van der Waals surface area contributed by atoms with E-state index < -0.39 is 10.0 Å². The molecule has 3 rings (SSSR count). The Kier molecular flexibility index (Phi) is 5.06. The fourth-order valence-electron chi connectivity index (χ4n) is 2.52. The first-order valence-corrected chi connectivity index (χ1v) is 9.42. The largest absolute Gasteiger partial charge is 0.496 e. The van der Waals surface area contributed by atoms with Crippen LogP contribution >= 0.6 is 0 Å². The lowest BCUT2D eigenvalue weighted by Crippen LogP contribution is -2.23. The van der Waals surface area contributed by atoms with Crippen LogP contribution in [-0.4, -0.2) is 25.7 Å². The van der Waals surface area contributed by atoms with Crippen molar-refractivity contribution in [2.45, 2.75) is 25.3 Å². The number of nitrogens with zero attached hydrogens (tertiary/aromatic N) is 2. The zero-order valence-electron chi connectivity index (χ0n) is 14.7. The van der Waals surface area contributed by atoms with Gasteiger partial charge in [0, 0.05) is 5.56 Å². The lowest BCUT2D eigenvalue weighted by Gasteiger charge is -2.08. The Morgan fingerprint density at radius 1 is 1.12 bits per heavy atom. The summed E-state index contributed by atoms with van der Waals surface area (Å²) in [5.41, 5.74) is 2.58. The van der Waals surface area contributed by atoms with Crippen LogP contribution in [0.4, 0.5) is 0 Å². The number of hydrogen-bond donors (Lipinski definition) is 1. The fourth-order valence-corrected chi connectivity index (χ4v) is 3.58. The molecule has 0 fully saturated rings. The van der Waals surface area contributed by atoms with Gasteiger partial charge in [0.15, 0.2) is 0 Å². The van der Waals surface area contributed by atoms with Gasteiger partial charge in [0.1, 0.15) is 5.75 Å². The van der Waals surface area contributed by atoms with Gasteiger partial charge in [-0.3, -0.25) is 0 Å². The van der Waals surface area contributed by atoms with Gasteiger partial charge in [-0.2, -0.15) is 4.98 Å². The zero-order valence-corrected chi connectivity index (χ0v) is 15.5. The maximum absolute atomic E-state index is 12.4. The van der Waals surface area contributed by atoms with Crippen molar-refractivity contribution in [3.8, 4) is 17.1 Å². The molecule has 0 bridgehead atoms. The lowest BCUT2D eigenvalue weighted by atomic mass is 10.1. The molecule has 0 amide bonds. The van der Waals surface area contributed by atoms with Crippen molar-refractivity contribution in [2.75, 3.05) is 7.11 Å². The SMILES string of the molecule is COc1ccc(S(=O)(=O)NCc2nc(-c3ccccc3C)no2)cc1C. The molecule has 7 nitrogen and oxygen atoms in total. The van der Waals surface area contributed by atoms with E-state index >= 15 is 0 Å². The Hall–Kier alpha value is -2.71. The van der Waals surface area contributed by atoms with Crippen molar-refractivity contribution in [1.29, 1.82) is 0 Å². The number of nitrogens with one attached hydrogen (secondary N) is 1. The van der Waals surface area contributed by atoms with E-state index in [2.05, 4.69) is 14.9 Å². The number of ether oxygens (including phenoxy) is 1. The summed E-state index contributed by atoms with van der Waals surface area (Å²) in [5, 5.41) is 3.92. The van der Waals surface area contributed by atoms with Crippen LogP contribution in [0.1, 0.15) is 17.0 Å². The molecule has 26 heavy (non-hydrogen) atoms. The number of benzene rings is 2. The Labute approximate surface area is 152 Å². The van der Waals surface area contributed by atoms with Gasteiger partial charge < -0.3 is 9.26 Å². The van der Waals surface area contributed by atoms with Crippen molar-refractivity contribution in [1.82, 2.24) is 14.9 Å². The molecule has 0 aliphatic rings. The monoisotopic (exact) mass is 373 g/mol. The Balaban J connectivity index is 1.75. The topological polar surface area (TPSA) is 94.3 Å². The normalized spacial score (nSPS) is 11.5. The summed E-state index contributed by atoms with van der Waals surface area (Å²) in [5.74, 6) is 1.25. The Morgan fingerprint density at radius 2 is 1.88 bits per heavy atom.